The SMILES string of the molecule is Cn1c(C(=O)N[C@@H](CC(N)=O)C(=O)O)cc(Cl)c1Cl. The van der Waals surface area contributed by atoms with Gasteiger partial charge in [0.25, 0.3) is 5.91 Å². The minimum absolute atomic E-state index is 0.0747. The van der Waals surface area contributed by atoms with Gasteiger partial charge in [0.1, 0.15) is 16.9 Å². The average molecular weight is 308 g/mol. The molecule has 1 heterocycles. The summed E-state index contributed by atoms with van der Waals surface area (Å²) in [4.78, 5) is 33.5. The number of hydrogen-bond donors (Lipinski definition) is 3. The van der Waals surface area contributed by atoms with Gasteiger partial charge in [-0.3, -0.25) is 9.59 Å². The maximum absolute atomic E-state index is 11.9. The third-order valence-electron chi connectivity index (χ3n) is 2.36. The number of nitrogens with zero attached hydrogens (tertiary/aromatic N) is 1. The number of nitrogens with two attached hydrogens (primary N) is 1. The lowest BCUT2D eigenvalue weighted by Gasteiger charge is -2.13. The molecule has 0 aliphatic heterocycles. The molecule has 1 aromatic heterocycles. The molecule has 1 rings (SSSR count). The van der Waals surface area contributed by atoms with Crippen LogP contribution in [-0.4, -0.2) is 33.5 Å². The van der Waals surface area contributed by atoms with Gasteiger partial charge in [-0.05, 0) is 6.07 Å². The van der Waals surface area contributed by atoms with Gasteiger partial charge in [-0.15, -0.1) is 0 Å². The zero-order valence-corrected chi connectivity index (χ0v) is 11.3. The lowest BCUT2D eigenvalue weighted by Crippen LogP contribution is -2.43. The zero-order chi connectivity index (χ0) is 14.7. The van der Waals surface area contributed by atoms with Gasteiger partial charge >= 0.3 is 5.97 Å². The Balaban J connectivity index is 2.91. The van der Waals surface area contributed by atoms with Crippen LogP contribution in [0.15, 0.2) is 6.07 Å². The van der Waals surface area contributed by atoms with Crippen LogP contribution in [0.5, 0.6) is 0 Å². The minimum atomic E-state index is -1.41. The lowest BCUT2D eigenvalue weighted by atomic mass is 10.2. The highest BCUT2D eigenvalue weighted by Gasteiger charge is 2.24. The third-order valence-corrected chi connectivity index (χ3v) is 3.20. The molecule has 0 aliphatic rings. The molecule has 104 valence electrons. The fraction of sp³-hybridized carbons (Fsp3) is 0.300. The largest absolute Gasteiger partial charge is 0.480 e. The fourth-order valence-corrected chi connectivity index (χ4v) is 1.77. The molecule has 0 aromatic carbocycles. The van der Waals surface area contributed by atoms with Gasteiger partial charge < -0.3 is 20.7 Å². The molecule has 9 heteroatoms. The van der Waals surface area contributed by atoms with E-state index in [4.69, 9.17) is 34.0 Å². The average Bonchev–Trinajstić information content (AvgIpc) is 2.55. The molecule has 0 spiro atoms. The molecule has 0 saturated heterocycles. The second-order valence-electron chi connectivity index (χ2n) is 3.76. The number of nitrogens with one attached hydrogen (secondary N) is 1. The van der Waals surface area contributed by atoms with Crippen LogP contribution in [0.2, 0.25) is 10.2 Å². The van der Waals surface area contributed by atoms with Crippen LogP contribution in [-0.2, 0) is 16.6 Å². The van der Waals surface area contributed by atoms with Crippen molar-refractivity contribution >= 4 is 41.0 Å². The number of rotatable bonds is 5. The molecule has 2 amide bonds. The number of hydrogen-bond acceptors (Lipinski definition) is 3. The summed E-state index contributed by atoms with van der Waals surface area (Å²) >= 11 is 11.5. The molecule has 0 aliphatic carbocycles. The standard InChI is InChI=1S/C10H11Cl2N3O4/c1-15-6(2-4(11)8(15)12)9(17)14-5(10(18)19)3-7(13)16/h2,5H,3H2,1H3,(H2,13,16)(H,14,17)(H,18,19)/t5-/m0/s1. The zero-order valence-electron chi connectivity index (χ0n) is 9.81. The van der Waals surface area contributed by atoms with Crippen LogP contribution in [0.4, 0.5) is 0 Å². The van der Waals surface area contributed by atoms with E-state index >= 15 is 0 Å². The quantitative estimate of drug-likeness (QED) is 0.730. The Bertz CT molecular complexity index is 541. The summed E-state index contributed by atoms with van der Waals surface area (Å²) in [6.45, 7) is 0. The first-order valence-electron chi connectivity index (χ1n) is 5.06. The smallest absolute Gasteiger partial charge is 0.326 e. The number of amides is 2. The number of carboxylic acid groups (broad SMARTS) is 1. The lowest BCUT2D eigenvalue weighted by molar-refractivity contribution is -0.140. The Labute approximate surface area is 118 Å². The predicted molar refractivity (Wildman–Crippen MR) is 68.1 cm³/mol. The summed E-state index contributed by atoms with van der Waals surface area (Å²) in [5.41, 5.74) is 4.98. The molecule has 1 atom stereocenters. The molecule has 4 N–H and O–H groups in total. The van der Waals surface area contributed by atoms with Crippen LogP contribution in [0.1, 0.15) is 16.9 Å². The van der Waals surface area contributed by atoms with Crippen molar-refractivity contribution < 1.29 is 19.5 Å². The number of carbonyl (C=O) groups excluding carboxylic acids is 2. The van der Waals surface area contributed by atoms with E-state index in [2.05, 4.69) is 5.32 Å². The number of aliphatic carboxylic acids is 1. The number of aromatic nitrogens is 1. The van der Waals surface area contributed by atoms with Crippen molar-refractivity contribution in [3.05, 3.63) is 21.9 Å². The minimum Gasteiger partial charge on any atom is -0.480 e. The highest BCUT2D eigenvalue weighted by atomic mass is 35.5. The van der Waals surface area contributed by atoms with Crippen LogP contribution in [0, 0.1) is 0 Å². The van der Waals surface area contributed by atoms with Crippen molar-refractivity contribution in [2.24, 2.45) is 12.8 Å². The van der Waals surface area contributed by atoms with Gasteiger partial charge in [0.2, 0.25) is 5.91 Å². The molecule has 0 unspecified atom stereocenters. The fourth-order valence-electron chi connectivity index (χ4n) is 1.39. The van der Waals surface area contributed by atoms with Gasteiger partial charge in [-0.25, -0.2) is 4.79 Å². The second kappa shape index (κ2) is 5.94. The van der Waals surface area contributed by atoms with E-state index in [1.807, 2.05) is 0 Å². The van der Waals surface area contributed by atoms with E-state index in [9.17, 15) is 14.4 Å². The van der Waals surface area contributed by atoms with E-state index in [1.165, 1.54) is 17.7 Å². The molecule has 0 fully saturated rings. The third kappa shape index (κ3) is 3.62. The van der Waals surface area contributed by atoms with Gasteiger partial charge in [0.05, 0.1) is 11.4 Å². The van der Waals surface area contributed by atoms with Gasteiger partial charge in [-0.2, -0.15) is 0 Å². The highest BCUT2D eigenvalue weighted by Crippen LogP contribution is 2.25. The van der Waals surface area contributed by atoms with Crippen molar-refractivity contribution in [2.75, 3.05) is 0 Å². The predicted octanol–water partition coefficient (Wildman–Crippen LogP) is 0.390. The molecular weight excluding hydrogens is 297 g/mol. The second-order valence-corrected chi connectivity index (χ2v) is 4.53. The monoisotopic (exact) mass is 307 g/mol. The molecule has 0 radical (unpaired) electrons. The van der Waals surface area contributed by atoms with Gasteiger partial charge in [-0.1, -0.05) is 23.2 Å². The number of halogens is 2. The first-order chi connectivity index (χ1) is 8.73. The molecule has 1 aromatic rings. The van der Waals surface area contributed by atoms with E-state index in [-0.39, 0.29) is 15.9 Å². The summed E-state index contributed by atoms with van der Waals surface area (Å²) in [6.07, 6.45) is -0.507. The van der Waals surface area contributed by atoms with E-state index in [1.54, 1.807) is 0 Å². The van der Waals surface area contributed by atoms with Crippen molar-refractivity contribution in [1.82, 2.24) is 9.88 Å². The Morgan fingerprint density at radius 1 is 1.47 bits per heavy atom. The molecule has 0 bridgehead atoms. The van der Waals surface area contributed by atoms with Crippen LogP contribution in [0.25, 0.3) is 0 Å². The first kappa shape index (κ1) is 15.3. The van der Waals surface area contributed by atoms with Gasteiger partial charge in [0, 0.05) is 7.05 Å². The summed E-state index contributed by atoms with van der Waals surface area (Å²) < 4.78 is 1.29. The van der Waals surface area contributed by atoms with Crippen molar-refractivity contribution in [1.29, 1.82) is 0 Å². The molecule has 19 heavy (non-hydrogen) atoms. The summed E-state index contributed by atoms with van der Waals surface area (Å²) in [5, 5.41) is 11.3. The Hall–Kier alpha value is -1.73. The number of carbonyl (C=O) groups is 3. The van der Waals surface area contributed by atoms with Crippen molar-refractivity contribution in [3.8, 4) is 0 Å². The molecule has 0 saturated carbocycles. The van der Waals surface area contributed by atoms with Gasteiger partial charge in [0.15, 0.2) is 0 Å². The summed E-state index contributed by atoms with van der Waals surface area (Å²) in [6, 6.07) is -0.111. The van der Waals surface area contributed by atoms with Crippen LogP contribution in [0.3, 0.4) is 0 Å². The van der Waals surface area contributed by atoms with Crippen molar-refractivity contribution in [2.45, 2.75) is 12.5 Å². The molecular formula is C10H11Cl2N3O4. The topological polar surface area (TPSA) is 114 Å². The maximum Gasteiger partial charge on any atom is 0.326 e. The van der Waals surface area contributed by atoms with Crippen LogP contribution < -0.4 is 11.1 Å². The number of primary amides is 1. The summed E-state index contributed by atoms with van der Waals surface area (Å²) in [7, 11) is 1.49. The Morgan fingerprint density at radius 3 is 2.42 bits per heavy atom. The number of carboxylic acids is 1. The maximum atomic E-state index is 11.9. The van der Waals surface area contributed by atoms with Crippen LogP contribution >= 0.6 is 23.2 Å². The Kier molecular flexibility index (Phi) is 4.79. The molecule has 7 nitrogen and oxygen atoms in total. The summed E-state index contributed by atoms with van der Waals surface area (Å²) in [5.74, 6) is -2.92. The van der Waals surface area contributed by atoms with E-state index in [0.717, 1.165) is 0 Å². The Morgan fingerprint density at radius 2 is 2.05 bits per heavy atom. The highest BCUT2D eigenvalue weighted by molar-refractivity contribution is 6.41. The van der Waals surface area contributed by atoms with Crippen molar-refractivity contribution in [3.63, 3.8) is 0 Å². The van der Waals surface area contributed by atoms with E-state index in [0.29, 0.717) is 0 Å². The normalized spacial score (nSPS) is 11.9. The first-order valence-corrected chi connectivity index (χ1v) is 5.82. The van der Waals surface area contributed by atoms with E-state index < -0.39 is 30.2 Å².